The Morgan fingerprint density at radius 1 is 1.12 bits per heavy atom. The molecule has 6 nitrogen and oxygen atoms in total. The average Bonchev–Trinajstić information content (AvgIpc) is 2.93. The van der Waals surface area contributed by atoms with E-state index in [2.05, 4.69) is 26.6 Å². The fourth-order valence-corrected chi connectivity index (χ4v) is 2.88. The quantitative estimate of drug-likeness (QED) is 0.550. The van der Waals surface area contributed by atoms with E-state index >= 15 is 0 Å². The van der Waals surface area contributed by atoms with Crippen LogP contribution in [0.1, 0.15) is 11.1 Å². The predicted octanol–water partition coefficient (Wildman–Crippen LogP) is 3.87. The molecule has 0 spiro atoms. The lowest BCUT2D eigenvalue weighted by molar-refractivity contribution is -0.115. The van der Waals surface area contributed by atoms with Gasteiger partial charge in [0, 0.05) is 9.50 Å². The average molecular weight is 438 g/mol. The van der Waals surface area contributed by atoms with E-state index in [0.717, 1.165) is 5.56 Å². The summed E-state index contributed by atoms with van der Waals surface area (Å²) in [6.07, 6.45) is 1.55. The van der Waals surface area contributed by atoms with Crippen molar-refractivity contribution in [1.29, 1.82) is 0 Å². The topological polar surface area (TPSA) is 76.7 Å². The molecule has 1 aliphatic heterocycles. The third-order valence-electron chi connectivity index (χ3n) is 3.61. The number of benzene rings is 2. The van der Waals surface area contributed by atoms with Gasteiger partial charge in [0.25, 0.3) is 5.91 Å². The number of urea groups is 1. The molecule has 3 rings (SSSR count). The number of hydrogen-bond acceptors (Lipinski definition) is 4. The molecule has 2 aromatic carbocycles. The van der Waals surface area contributed by atoms with Crippen molar-refractivity contribution in [3.8, 4) is 11.5 Å². The van der Waals surface area contributed by atoms with Gasteiger partial charge < -0.3 is 14.8 Å². The second kappa shape index (κ2) is 7.80. The summed E-state index contributed by atoms with van der Waals surface area (Å²) in [5.41, 5.74) is 1.78. The first-order valence-electron chi connectivity index (χ1n) is 7.55. The molecule has 0 radical (unpaired) electrons. The lowest BCUT2D eigenvalue weighted by Gasteiger charge is -2.13. The highest BCUT2D eigenvalue weighted by molar-refractivity contribution is 9.10. The minimum atomic E-state index is -0.549. The van der Waals surface area contributed by atoms with Crippen molar-refractivity contribution in [1.82, 2.24) is 10.6 Å². The number of methoxy groups -OCH3 is 1. The van der Waals surface area contributed by atoms with Crippen LogP contribution in [0.3, 0.4) is 0 Å². The molecule has 1 fully saturated rings. The van der Waals surface area contributed by atoms with Crippen LogP contribution in [0.5, 0.6) is 11.5 Å². The van der Waals surface area contributed by atoms with Crippen LogP contribution in [0, 0.1) is 0 Å². The molecular weight excluding hydrogens is 424 g/mol. The number of ether oxygens (including phenoxy) is 2. The Labute approximate surface area is 163 Å². The summed E-state index contributed by atoms with van der Waals surface area (Å²) in [5, 5.41) is 5.25. The number of carbonyl (C=O) groups is 2. The number of carbonyl (C=O) groups excluding carboxylic acids is 2. The predicted molar refractivity (Wildman–Crippen MR) is 101 cm³/mol. The van der Waals surface area contributed by atoms with Gasteiger partial charge in [0.05, 0.1) is 7.11 Å². The number of amides is 3. The van der Waals surface area contributed by atoms with Gasteiger partial charge in [-0.3, -0.25) is 10.1 Å². The lowest BCUT2D eigenvalue weighted by Crippen LogP contribution is -2.22. The Hall–Kier alpha value is -2.51. The molecule has 0 atom stereocenters. The first-order valence-corrected chi connectivity index (χ1v) is 8.72. The van der Waals surface area contributed by atoms with Crippen LogP contribution >= 0.6 is 27.5 Å². The maximum atomic E-state index is 11.7. The summed E-state index contributed by atoms with van der Waals surface area (Å²) in [6.45, 7) is 0.346. The Morgan fingerprint density at radius 3 is 2.46 bits per heavy atom. The molecule has 0 unspecified atom stereocenters. The fourth-order valence-electron chi connectivity index (χ4n) is 2.31. The summed E-state index contributed by atoms with van der Waals surface area (Å²) in [4.78, 5) is 22.9. The summed E-state index contributed by atoms with van der Waals surface area (Å²) in [7, 11) is 1.53. The Kier molecular flexibility index (Phi) is 5.49. The molecule has 1 saturated heterocycles. The molecule has 26 heavy (non-hydrogen) atoms. The van der Waals surface area contributed by atoms with Crippen LogP contribution in [0.15, 0.2) is 46.6 Å². The number of hydrogen-bond donors (Lipinski definition) is 2. The van der Waals surface area contributed by atoms with Crippen molar-refractivity contribution in [2.75, 3.05) is 7.11 Å². The largest absolute Gasteiger partial charge is 0.493 e. The van der Waals surface area contributed by atoms with Crippen LogP contribution in [0.25, 0.3) is 6.08 Å². The zero-order chi connectivity index (χ0) is 18.7. The molecule has 0 bridgehead atoms. The van der Waals surface area contributed by atoms with Crippen LogP contribution in [0.2, 0.25) is 5.02 Å². The first-order chi connectivity index (χ1) is 12.5. The van der Waals surface area contributed by atoms with E-state index in [1.807, 2.05) is 12.1 Å². The van der Waals surface area contributed by atoms with Gasteiger partial charge in [-0.2, -0.15) is 0 Å². The van der Waals surface area contributed by atoms with Crippen LogP contribution in [-0.2, 0) is 11.4 Å². The minimum absolute atomic E-state index is 0.160. The smallest absolute Gasteiger partial charge is 0.326 e. The van der Waals surface area contributed by atoms with Crippen molar-refractivity contribution >= 4 is 45.5 Å². The van der Waals surface area contributed by atoms with Gasteiger partial charge in [-0.05, 0) is 41.5 Å². The Balaban J connectivity index is 1.83. The van der Waals surface area contributed by atoms with Crippen molar-refractivity contribution in [2.24, 2.45) is 0 Å². The fraction of sp³-hybridized carbons (Fsp3) is 0.111. The molecule has 0 aromatic heterocycles. The number of rotatable bonds is 5. The van der Waals surface area contributed by atoms with E-state index in [4.69, 9.17) is 21.1 Å². The molecule has 2 aromatic rings. The number of imide groups is 1. The monoisotopic (exact) mass is 436 g/mol. The number of nitrogens with one attached hydrogen (secondary N) is 2. The molecule has 8 heteroatoms. The van der Waals surface area contributed by atoms with Crippen LogP contribution in [-0.4, -0.2) is 19.0 Å². The second-order valence-corrected chi connectivity index (χ2v) is 6.70. The third kappa shape index (κ3) is 4.17. The van der Waals surface area contributed by atoms with Gasteiger partial charge >= 0.3 is 6.03 Å². The SMILES string of the molecule is COc1cc(/C=C2/NC(=O)NC2=O)c(Br)cc1OCc1ccc(Cl)cc1. The van der Waals surface area contributed by atoms with E-state index in [-0.39, 0.29) is 5.70 Å². The maximum Gasteiger partial charge on any atom is 0.326 e. The second-order valence-electron chi connectivity index (χ2n) is 5.41. The Morgan fingerprint density at radius 2 is 1.85 bits per heavy atom. The van der Waals surface area contributed by atoms with Crippen molar-refractivity contribution < 1.29 is 19.1 Å². The summed E-state index contributed by atoms with van der Waals surface area (Å²) in [6, 6.07) is 10.3. The van der Waals surface area contributed by atoms with Gasteiger partial charge in [-0.15, -0.1) is 0 Å². The summed E-state index contributed by atoms with van der Waals surface area (Å²) in [5.74, 6) is 0.555. The maximum absolute atomic E-state index is 11.7. The van der Waals surface area contributed by atoms with Crippen LogP contribution < -0.4 is 20.1 Å². The molecule has 1 heterocycles. The molecule has 3 amide bonds. The highest BCUT2D eigenvalue weighted by Crippen LogP contribution is 2.35. The highest BCUT2D eigenvalue weighted by Gasteiger charge is 2.23. The van der Waals surface area contributed by atoms with Crippen molar-refractivity contribution in [2.45, 2.75) is 6.61 Å². The molecule has 134 valence electrons. The Bertz CT molecular complexity index is 897. The van der Waals surface area contributed by atoms with E-state index in [9.17, 15) is 9.59 Å². The first kappa shape index (κ1) is 18.3. The third-order valence-corrected chi connectivity index (χ3v) is 4.55. The minimum Gasteiger partial charge on any atom is -0.493 e. The zero-order valence-corrected chi connectivity index (χ0v) is 16.0. The van der Waals surface area contributed by atoms with Crippen LogP contribution in [0.4, 0.5) is 4.79 Å². The molecule has 0 aliphatic carbocycles. The standard InChI is InChI=1S/C18H14BrClN2O4/c1-25-15-7-11(6-14-17(23)22-18(24)21-14)13(19)8-16(15)26-9-10-2-4-12(20)5-3-10/h2-8H,9H2,1H3,(H2,21,22,23,24)/b14-6+. The molecule has 0 saturated carbocycles. The van der Waals surface area contributed by atoms with Crippen molar-refractivity contribution in [3.05, 3.63) is 62.7 Å². The highest BCUT2D eigenvalue weighted by atomic mass is 79.9. The van der Waals surface area contributed by atoms with Gasteiger partial charge in [0.2, 0.25) is 0 Å². The van der Waals surface area contributed by atoms with E-state index in [0.29, 0.717) is 33.2 Å². The number of halogens is 2. The molecule has 2 N–H and O–H groups in total. The normalized spacial score (nSPS) is 15.0. The lowest BCUT2D eigenvalue weighted by atomic mass is 10.1. The van der Waals surface area contributed by atoms with E-state index in [1.54, 1.807) is 30.3 Å². The van der Waals surface area contributed by atoms with E-state index in [1.165, 1.54) is 7.11 Å². The molecular formula is C18H14BrClN2O4. The van der Waals surface area contributed by atoms with Gasteiger partial charge in [-0.1, -0.05) is 39.7 Å². The van der Waals surface area contributed by atoms with Gasteiger partial charge in [0.15, 0.2) is 11.5 Å². The summed E-state index contributed by atoms with van der Waals surface area (Å²) >= 11 is 9.32. The van der Waals surface area contributed by atoms with Gasteiger partial charge in [-0.25, -0.2) is 4.79 Å². The summed E-state index contributed by atoms with van der Waals surface area (Å²) < 4.78 is 11.9. The molecule has 1 aliphatic rings. The van der Waals surface area contributed by atoms with Crippen molar-refractivity contribution in [3.63, 3.8) is 0 Å². The zero-order valence-electron chi connectivity index (χ0n) is 13.6. The van der Waals surface area contributed by atoms with E-state index < -0.39 is 11.9 Å². The van der Waals surface area contributed by atoms with Gasteiger partial charge in [0.1, 0.15) is 12.3 Å².